The summed E-state index contributed by atoms with van der Waals surface area (Å²) in [5, 5.41) is 0. The van der Waals surface area contributed by atoms with Crippen LogP contribution in [-0.2, 0) is 20.9 Å². The normalized spacial score (nSPS) is 15.2. The highest BCUT2D eigenvalue weighted by molar-refractivity contribution is 5.97. The van der Waals surface area contributed by atoms with Crippen molar-refractivity contribution in [1.29, 1.82) is 0 Å². The predicted octanol–water partition coefficient (Wildman–Crippen LogP) is 0.793. The molecule has 10 heteroatoms. The molecule has 2 heterocycles. The van der Waals surface area contributed by atoms with Gasteiger partial charge in [0.25, 0.3) is 5.56 Å². The van der Waals surface area contributed by atoms with E-state index in [1.54, 1.807) is 4.90 Å². The van der Waals surface area contributed by atoms with Gasteiger partial charge in [-0.2, -0.15) is 0 Å². The molecule has 0 aromatic carbocycles. The molecule has 10 nitrogen and oxygen atoms in total. The van der Waals surface area contributed by atoms with Crippen LogP contribution in [0, 0.1) is 11.3 Å². The van der Waals surface area contributed by atoms with E-state index in [9.17, 15) is 19.2 Å². The van der Waals surface area contributed by atoms with E-state index >= 15 is 0 Å². The molecule has 1 aromatic rings. The predicted molar refractivity (Wildman–Crippen MR) is 119 cm³/mol. The van der Waals surface area contributed by atoms with Crippen LogP contribution in [-0.4, -0.2) is 59.6 Å². The number of nitrogens with zero attached hydrogens (tertiary/aromatic N) is 3. The fourth-order valence-corrected chi connectivity index (χ4v) is 3.82. The second-order valence-electron chi connectivity index (χ2n) is 8.94. The minimum atomic E-state index is -0.695. The third-order valence-electron chi connectivity index (χ3n) is 5.49. The number of likely N-dealkylation sites (tertiary alicyclic amines) is 1. The van der Waals surface area contributed by atoms with Crippen LogP contribution in [0.4, 0.5) is 11.5 Å². The van der Waals surface area contributed by atoms with Gasteiger partial charge >= 0.3 is 5.69 Å². The van der Waals surface area contributed by atoms with Crippen molar-refractivity contribution in [3.05, 3.63) is 20.8 Å². The first kappa shape index (κ1) is 24.6. The highest BCUT2D eigenvalue weighted by Crippen LogP contribution is 2.27. The van der Waals surface area contributed by atoms with Crippen LogP contribution in [0.3, 0.4) is 0 Å². The average molecular weight is 438 g/mol. The first-order valence-electron chi connectivity index (χ1n) is 10.7. The third kappa shape index (κ3) is 5.55. The minimum absolute atomic E-state index is 0.0247. The largest absolute Gasteiger partial charge is 0.383 e. The lowest BCUT2D eigenvalue weighted by Gasteiger charge is -2.37. The van der Waals surface area contributed by atoms with E-state index in [1.165, 1.54) is 16.6 Å². The van der Waals surface area contributed by atoms with Crippen molar-refractivity contribution in [3.63, 3.8) is 0 Å². The monoisotopic (exact) mass is 437 g/mol. The van der Waals surface area contributed by atoms with E-state index in [2.05, 4.69) is 4.98 Å². The number of nitrogen functional groups attached to an aromatic ring is 1. The number of nitrogens with one attached hydrogen (secondary N) is 1. The fourth-order valence-electron chi connectivity index (χ4n) is 3.82. The molecule has 31 heavy (non-hydrogen) atoms. The maximum absolute atomic E-state index is 13.4. The number of methoxy groups -OCH3 is 1. The summed E-state index contributed by atoms with van der Waals surface area (Å²) in [4.78, 5) is 56.1. The number of hydrogen-bond acceptors (Lipinski definition) is 6. The van der Waals surface area contributed by atoms with Crippen molar-refractivity contribution in [1.82, 2.24) is 14.5 Å². The Morgan fingerprint density at radius 3 is 2.35 bits per heavy atom. The van der Waals surface area contributed by atoms with Crippen molar-refractivity contribution in [2.24, 2.45) is 11.3 Å². The summed E-state index contributed by atoms with van der Waals surface area (Å²) in [6.45, 7) is 9.13. The van der Waals surface area contributed by atoms with Crippen molar-refractivity contribution in [2.45, 2.75) is 53.5 Å². The van der Waals surface area contributed by atoms with E-state index in [0.29, 0.717) is 38.9 Å². The van der Waals surface area contributed by atoms with E-state index in [0.717, 1.165) is 0 Å². The van der Waals surface area contributed by atoms with Crippen LogP contribution in [0.2, 0.25) is 0 Å². The fraction of sp³-hybridized carbons (Fsp3) is 0.714. The highest BCUT2D eigenvalue weighted by atomic mass is 16.5. The zero-order chi connectivity index (χ0) is 23.3. The van der Waals surface area contributed by atoms with Gasteiger partial charge < -0.3 is 20.3 Å². The van der Waals surface area contributed by atoms with Crippen LogP contribution >= 0.6 is 0 Å². The lowest BCUT2D eigenvalue weighted by Crippen LogP contribution is -2.49. The molecule has 1 saturated heterocycles. The zero-order valence-electron chi connectivity index (χ0n) is 19.2. The van der Waals surface area contributed by atoms with Crippen molar-refractivity contribution in [3.8, 4) is 0 Å². The summed E-state index contributed by atoms with van der Waals surface area (Å²) in [6.07, 6.45) is 1.63. The summed E-state index contributed by atoms with van der Waals surface area (Å²) in [5.74, 6) is -0.576. The van der Waals surface area contributed by atoms with Crippen LogP contribution in [0.15, 0.2) is 9.59 Å². The summed E-state index contributed by atoms with van der Waals surface area (Å²) >= 11 is 0. The number of aromatic nitrogens is 2. The molecule has 0 radical (unpaired) electrons. The molecule has 0 unspecified atom stereocenters. The van der Waals surface area contributed by atoms with Crippen molar-refractivity contribution < 1.29 is 14.3 Å². The standard InChI is InChI=1S/C21H35N5O5/c1-6-9-26-16(22)15(17(27)23-20(26)30)25(12-13-31-5)18(28)14-7-10-24(11-8-14)19(29)21(2,3)4/h14H,6-13,22H2,1-5H3,(H,23,27,30). The number of anilines is 2. The maximum atomic E-state index is 13.4. The number of H-pyrrole nitrogens is 1. The molecule has 174 valence electrons. The molecule has 2 rings (SSSR count). The summed E-state index contributed by atoms with van der Waals surface area (Å²) in [6, 6.07) is 0. The quantitative estimate of drug-likeness (QED) is 0.649. The number of aromatic amines is 1. The summed E-state index contributed by atoms with van der Waals surface area (Å²) in [7, 11) is 1.50. The van der Waals surface area contributed by atoms with Crippen LogP contribution < -0.4 is 21.9 Å². The van der Waals surface area contributed by atoms with Crippen molar-refractivity contribution >= 4 is 23.3 Å². The topological polar surface area (TPSA) is 131 Å². The second kappa shape index (κ2) is 10.1. The zero-order valence-corrected chi connectivity index (χ0v) is 19.2. The SMILES string of the molecule is CCCn1c(N)c(N(CCOC)C(=O)C2CCN(C(=O)C(C)(C)C)CC2)c(=O)[nH]c1=O. The molecule has 1 aliphatic heterocycles. The summed E-state index contributed by atoms with van der Waals surface area (Å²) < 4.78 is 6.40. The number of carbonyl (C=O) groups is 2. The third-order valence-corrected chi connectivity index (χ3v) is 5.49. The van der Waals surface area contributed by atoms with Gasteiger partial charge in [-0.05, 0) is 19.3 Å². The number of hydrogen-bond donors (Lipinski definition) is 2. The van der Waals surface area contributed by atoms with Gasteiger partial charge in [0.05, 0.1) is 6.61 Å². The number of rotatable bonds is 7. The molecule has 0 atom stereocenters. The Morgan fingerprint density at radius 1 is 1.23 bits per heavy atom. The molecule has 0 spiro atoms. The Labute approximate surface area is 182 Å². The smallest absolute Gasteiger partial charge is 0.330 e. The lowest BCUT2D eigenvalue weighted by atomic mass is 9.90. The van der Waals surface area contributed by atoms with Gasteiger partial charge in [0.1, 0.15) is 5.82 Å². The number of ether oxygens (including phenoxy) is 1. The molecule has 3 N–H and O–H groups in total. The average Bonchev–Trinajstić information content (AvgIpc) is 2.71. The van der Waals surface area contributed by atoms with E-state index < -0.39 is 16.7 Å². The van der Waals surface area contributed by atoms with Crippen molar-refractivity contribution in [2.75, 3.05) is 44.0 Å². The van der Waals surface area contributed by atoms with Crippen LogP contribution in [0.25, 0.3) is 0 Å². The molecule has 0 bridgehead atoms. The minimum Gasteiger partial charge on any atom is -0.383 e. The van der Waals surface area contributed by atoms with Gasteiger partial charge in [-0.1, -0.05) is 27.7 Å². The first-order chi connectivity index (χ1) is 14.5. The van der Waals surface area contributed by atoms with E-state index in [4.69, 9.17) is 10.5 Å². The van der Waals surface area contributed by atoms with Gasteiger partial charge in [-0.3, -0.25) is 23.9 Å². The number of nitrogens with two attached hydrogens (primary N) is 1. The molecule has 0 saturated carbocycles. The van der Waals surface area contributed by atoms with Crippen LogP contribution in [0.1, 0.15) is 47.0 Å². The molecule has 1 fully saturated rings. The van der Waals surface area contributed by atoms with Crippen LogP contribution in [0.5, 0.6) is 0 Å². The number of piperidine rings is 1. The number of amides is 2. The van der Waals surface area contributed by atoms with E-state index in [1.807, 2.05) is 27.7 Å². The van der Waals surface area contributed by atoms with Gasteiger partial charge in [0, 0.05) is 44.6 Å². The molecule has 1 aliphatic rings. The lowest BCUT2D eigenvalue weighted by molar-refractivity contribution is -0.142. The molecule has 2 amide bonds. The molecule has 1 aromatic heterocycles. The Morgan fingerprint density at radius 2 is 1.84 bits per heavy atom. The second-order valence-corrected chi connectivity index (χ2v) is 8.94. The molecular weight excluding hydrogens is 402 g/mol. The Balaban J connectivity index is 2.31. The Hall–Kier alpha value is -2.62. The van der Waals surface area contributed by atoms with Gasteiger partial charge in [-0.25, -0.2) is 4.79 Å². The van der Waals surface area contributed by atoms with E-state index in [-0.39, 0.29) is 42.4 Å². The Kier molecular flexibility index (Phi) is 8.05. The Bertz CT molecular complexity index is 906. The van der Waals surface area contributed by atoms with Gasteiger partial charge in [0.2, 0.25) is 11.8 Å². The highest BCUT2D eigenvalue weighted by Gasteiger charge is 2.35. The van der Waals surface area contributed by atoms with Gasteiger partial charge in [0.15, 0.2) is 5.69 Å². The maximum Gasteiger partial charge on any atom is 0.330 e. The van der Waals surface area contributed by atoms with Gasteiger partial charge in [-0.15, -0.1) is 0 Å². The molecule has 0 aliphatic carbocycles. The first-order valence-corrected chi connectivity index (χ1v) is 10.7. The number of carbonyl (C=O) groups excluding carboxylic acids is 2. The molecular formula is C21H35N5O5. The summed E-state index contributed by atoms with van der Waals surface area (Å²) in [5.41, 5.74) is 4.38.